The number of halogens is 3. The van der Waals surface area contributed by atoms with Crippen molar-refractivity contribution >= 4 is 5.91 Å². The predicted octanol–water partition coefficient (Wildman–Crippen LogP) is 3.79. The van der Waals surface area contributed by atoms with Gasteiger partial charge in [-0.05, 0) is 30.9 Å². The van der Waals surface area contributed by atoms with Gasteiger partial charge in [0.25, 0.3) is 0 Å². The van der Waals surface area contributed by atoms with Gasteiger partial charge in [-0.3, -0.25) is 19.7 Å². The number of carbonyl (C=O) groups excluding carboxylic acids is 1. The molecule has 0 aliphatic carbocycles. The van der Waals surface area contributed by atoms with E-state index in [1.807, 2.05) is 9.80 Å². The number of alkyl halides is 3. The van der Waals surface area contributed by atoms with E-state index in [4.69, 9.17) is 4.74 Å². The van der Waals surface area contributed by atoms with Gasteiger partial charge in [-0.25, -0.2) is 0 Å². The molecule has 0 radical (unpaired) electrons. The summed E-state index contributed by atoms with van der Waals surface area (Å²) >= 11 is 0. The van der Waals surface area contributed by atoms with Crippen molar-refractivity contribution in [3.63, 3.8) is 0 Å². The van der Waals surface area contributed by atoms with Crippen LogP contribution in [-0.2, 0) is 15.7 Å². The molecule has 0 spiro atoms. The molecule has 32 heavy (non-hydrogen) atoms. The van der Waals surface area contributed by atoms with Crippen LogP contribution in [0.2, 0.25) is 0 Å². The zero-order valence-electron chi connectivity index (χ0n) is 18.0. The summed E-state index contributed by atoms with van der Waals surface area (Å²) in [5.74, 6) is 0.757. The van der Waals surface area contributed by atoms with Crippen molar-refractivity contribution < 1.29 is 22.7 Å². The van der Waals surface area contributed by atoms with E-state index >= 15 is 0 Å². The Kier molecular flexibility index (Phi) is 6.76. The summed E-state index contributed by atoms with van der Waals surface area (Å²) in [6, 6.07) is 5.06. The molecule has 4 rings (SSSR count). The van der Waals surface area contributed by atoms with Crippen LogP contribution in [0.25, 0.3) is 11.3 Å². The molecule has 172 valence electrons. The number of hydrogen-bond donors (Lipinski definition) is 0. The summed E-state index contributed by atoms with van der Waals surface area (Å²) in [4.78, 5) is 25.4. The van der Waals surface area contributed by atoms with E-state index < -0.39 is 17.8 Å². The topological polar surface area (TPSA) is 58.6 Å². The molecular weight excluding hydrogens is 421 g/mol. The molecule has 2 aliphatic heterocycles. The number of hydrogen-bond acceptors (Lipinski definition) is 5. The fourth-order valence-corrected chi connectivity index (χ4v) is 4.21. The predicted molar refractivity (Wildman–Crippen MR) is 113 cm³/mol. The van der Waals surface area contributed by atoms with Crippen molar-refractivity contribution in [2.45, 2.75) is 32.0 Å². The van der Waals surface area contributed by atoms with Crippen molar-refractivity contribution in [3.8, 4) is 11.3 Å². The number of morpholine rings is 1. The van der Waals surface area contributed by atoms with E-state index in [1.54, 1.807) is 6.07 Å². The first-order valence-corrected chi connectivity index (χ1v) is 10.9. The highest BCUT2D eigenvalue weighted by Crippen LogP contribution is 2.34. The van der Waals surface area contributed by atoms with Crippen LogP contribution in [0.4, 0.5) is 13.2 Å². The van der Waals surface area contributed by atoms with Gasteiger partial charge in [0.2, 0.25) is 5.91 Å². The first kappa shape index (κ1) is 22.7. The van der Waals surface area contributed by atoms with Gasteiger partial charge in [0.1, 0.15) is 6.10 Å². The SMILES string of the molecule is CC1CCN(C(=O)CN2CCOC(c3nccnc3-c3cccc(C(F)(F)F)c3)C2)CC1. The highest BCUT2D eigenvalue weighted by atomic mass is 19.4. The van der Waals surface area contributed by atoms with Gasteiger partial charge in [-0.1, -0.05) is 19.1 Å². The quantitative estimate of drug-likeness (QED) is 0.712. The second-order valence-corrected chi connectivity index (χ2v) is 8.53. The summed E-state index contributed by atoms with van der Waals surface area (Å²) in [6.07, 6.45) is 0.101. The lowest BCUT2D eigenvalue weighted by Gasteiger charge is -2.35. The maximum atomic E-state index is 13.2. The fourth-order valence-electron chi connectivity index (χ4n) is 4.21. The van der Waals surface area contributed by atoms with Crippen molar-refractivity contribution in [2.75, 3.05) is 39.3 Å². The lowest BCUT2D eigenvalue weighted by Crippen LogP contribution is -2.47. The maximum Gasteiger partial charge on any atom is 0.416 e. The average Bonchev–Trinajstić information content (AvgIpc) is 2.79. The minimum Gasteiger partial charge on any atom is -0.369 e. The number of amides is 1. The Morgan fingerprint density at radius 2 is 1.91 bits per heavy atom. The molecule has 1 unspecified atom stereocenters. The first-order chi connectivity index (χ1) is 15.3. The Balaban J connectivity index is 1.49. The molecular formula is C23H27F3N4O2. The van der Waals surface area contributed by atoms with E-state index in [1.165, 1.54) is 18.5 Å². The Morgan fingerprint density at radius 1 is 1.16 bits per heavy atom. The summed E-state index contributed by atoms with van der Waals surface area (Å²) < 4.78 is 45.5. The fraction of sp³-hybridized carbons (Fsp3) is 0.522. The number of carbonyl (C=O) groups is 1. The number of nitrogens with zero attached hydrogens (tertiary/aromatic N) is 4. The van der Waals surface area contributed by atoms with E-state index in [0.29, 0.717) is 49.1 Å². The third-order valence-electron chi connectivity index (χ3n) is 6.14. The molecule has 0 N–H and O–H groups in total. The van der Waals surface area contributed by atoms with Crippen LogP contribution in [0.1, 0.15) is 37.1 Å². The molecule has 1 aromatic heterocycles. The van der Waals surface area contributed by atoms with Crippen LogP contribution in [-0.4, -0.2) is 65.0 Å². The second kappa shape index (κ2) is 9.54. The number of rotatable bonds is 4. The van der Waals surface area contributed by atoms with Crippen molar-refractivity contribution in [1.29, 1.82) is 0 Å². The molecule has 0 bridgehead atoms. The number of benzene rings is 1. The molecule has 2 aromatic rings. The number of aromatic nitrogens is 2. The average molecular weight is 448 g/mol. The van der Waals surface area contributed by atoms with Crippen molar-refractivity contribution in [2.24, 2.45) is 5.92 Å². The highest BCUT2D eigenvalue weighted by Gasteiger charge is 2.32. The maximum absolute atomic E-state index is 13.2. The molecule has 2 fully saturated rings. The Morgan fingerprint density at radius 3 is 2.66 bits per heavy atom. The third kappa shape index (κ3) is 5.27. The zero-order valence-corrected chi connectivity index (χ0v) is 18.0. The standard InChI is InChI=1S/C23H27F3N4O2/c1-16-5-9-30(10-6-16)20(31)15-29-11-12-32-19(14-29)22-21(27-7-8-28-22)17-3-2-4-18(13-17)23(24,25)26/h2-4,7-8,13,16,19H,5-6,9-12,14-15H2,1H3. The normalized spacial score (nSPS) is 21.0. The molecule has 9 heteroatoms. The molecule has 6 nitrogen and oxygen atoms in total. The summed E-state index contributed by atoms with van der Waals surface area (Å²) in [6.45, 7) is 5.54. The van der Waals surface area contributed by atoms with Gasteiger partial charge in [0, 0.05) is 44.1 Å². The van der Waals surface area contributed by atoms with Gasteiger partial charge in [0.15, 0.2) is 0 Å². The van der Waals surface area contributed by atoms with E-state index in [0.717, 1.165) is 38.1 Å². The molecule has 3 heterocycles. The summed E-state index contributed by atoms with van der Waals surface area (Å²) in [7, 11) is 0. The van der Waals surface area contributed by atoms with E-state index in [2.05, 4.69) is 16.9 Å². The number of piperidine rings is 1. The number of ether oxygens (including phenoxy) is 1. The van der Waals surface area contributed by atoms with Gasteiger partial charge in [-0.2, -0.15) is 13.2 Å². The van der Waals surface area contributed by atoms with Crippen molar-refractivity contribution in [1.82, 2.24) is 19.8 Å². The number of likely N-dealkylation sites (tertiary alicyclic amines) is 1. The molecule has 1 amide bonds. The van der Waals surface area contributed by atoms with E-state index in [-0.39, 0.29) is 5.91 Å². The summed E-state index contributed by atoms with van der Waals surface area (Å²) in [5, 5.41) is 0. The van der Waals surface area contributed by atoms with Crippen LogP contribution in [0.3, 0.4) is 0 Å². The van der Waals surface area contributed by atoms with Crippen LogP contribution >= 0.6 is 0 Å². The lowest BCUT2D eigenvalue weighted by atomic mass is 9.99. The van der Waals surface area contributed by atoms with Gasteiger partial charge in [0.05, 0.1) is 30.1 Å². The second-order valence-electron chi connectivity index (χ2n) is 8.53. The smallest absolute Gasteiger partial charge is 0.369 e. The first-order valence-electron chi connectivity index (χ1n) is 10.9. The minimum atomic E-state index is -4.44. The Bertz CT molecular complexity index is 945. The molecule has 2 aliphatic rings. The lowest BCUT2D eigenvalue weighted by molar-refractivity contribution is -0.137. The monoisotopic (exact) mass is 448 g/mol. The summed E-state index contributed by atoms with van der Waals surface area (Å²) in [5.41, 5.74) is 0.443. The van der Waals surface area contributed by atoms with Gasteiger partial charge < -0.3 is 9.64 Å². The van der Waals surface area contributed by atoms with Gasteiger partial charge in [-0.15, -0.1) is 0 Å². The largest absolute Gasteiger partial charge is 0.416 e. The van der Waals surface area contributed by atoms with Crippen LogP contribution < -0.4 is 0 Å². The van der Waals surface area contributed by atoms with Crippen LogP contribution in [0, 0.1) is 5.92 Å². The Labute approximate surface area is 185 Å². The van der Waals surface area contributed by atoms with Crippen LogP contribution in [0.15, 0.2) is 36.7 Å². The minimum absolute atomic E-state index is 0.106. The molecule has 1 atom stereocenters. The highest BCUT2D eigenvalue weighted by molar-refractivity contribution is 5.78. The third-order valence-corrected chi connectivity index (χ3v) is 6.14. The molecule has 1 aromatic carbocycles. The Hall–Kier alpha value is -2.52. The zero-order chi connectivity index (χ0) is 22.7. The molecule has 2 saturated heterocycles. The van der Waals surface area contributed by atoms with Crippen molar-refractivity contribution in [3.05, 3.63) is 47.9 Å². The van der Waals surface area contributed by atoms with E-state index in [9.17, 15) is 18.0 Å². The van der Waals surface area contributed by atoms with Crippen LogP contribution in [0.5, 0.6) is 0 Å². The van der Waals surface area contributed by atoms with Gasteiger partial charge >= 0.3 is 6.18 Å². The molecule has 0 saturated carbocycles.